The van der Waals surface area contributed by atoms with Crippen molar-refractivity contribution in [3.8, 4) is 0 Å². The van der Waals surface area contributed by atoms with Gasteiger partial charge in [0.05, 0.1) is 5.69 Å². The minimum absolute atomic E-state index is 0.0433. The van der Waals surface area contributed by atoms with Gasteiger partial charge in [0.15, 0.2) is 0 Å². The number of hydrogen-bond acceptors (Lipinski definition) is 3. The number of sulfonamides is 1. The molecule has 0 aliphatic heterocycles. The molecular weight excluding hydrogens is 267 g/mol. The average Bonchev–Trinajstić information content (AvgIpc) is 2.81. The zero-order chi connectivity index (χ0) is 14.0. The van der Waals surface area contributed by atoms with Gasteiger partial charge in [-0.15, -0.1) is 0 Å². The minimum Gasteiger partial charge on any atom is -0.398 e. The number of nitrogen functional groups attached to an aromatic ring is 1. The second-order valence-corrected chi connectivity index (χ2v) is 7.08. The first-order valence-electron chi connectivity index (χ1n) is 6.43. The Balaban J connectivity index is 2.26. The maximum Gasteiger partial charge on any atom is 0.247 e. The molecule has 4 nitrogen and oxygen atoms in total. The third-order valence-electron chi connectivity index (χ3n) is 3.66. The zero-order valence-corrected chi connectivity index (χ0v) is 11.8. The van der Waals surface area contributed by atoms with Gasteiger partial charge >= 0.3 is 0 Å². The Bertz CT molecular complexity index is 534. The summed E-state index contributed by atoms with van der Waals surface area (Å²) in [5.74, 6) is -0.425. The van der Waals surface area contributed by atoms with Crippen LogP contribution in [0.5, 0.6) is 0 Å². The molecular formula is C13H19FN2O2S. The molecule has 0 bridgehead atoms. The lowest BCUT2D eigenvalue weighted by molar-refractivity contribution is 0.385. The van der Waals surface area contributed by atoms with Gasteiger partial charge in [0.1, 0.15) is 10.7 Å². The molecule has 1 aliphatic carbocycles. The standard InChI is InChI=1S/C13H19FN2O2S/c1-16(9-10-5-2-3-6-10)19(17,18)13-11(14)7-4-8-12(13)15/h4,7-8,10H,2-3,5-6,9,15H2,1H3. The first-order valence-corrected chi connectivity index (χ1v) is 7.87. The monoisotopic (exact) mass is 286 g/mol. The van der Waals surface area contributed by atoms with E-state index in [0.717, 1.165) is 31.7 Å². The van der Waals surface area contributed by atoms with Gasteiger partial charge in [-0.05, 0) is 30.9 Å². The van der Waals surface area contributed by atoms with E-state index in [9.17, 15) is 12.8 Å². The van der Waals surface area contributed by atoms with Gasteiger partial charge in [0.2, 0.25) is 10.0 Å². The molecule has 1 fully saturated rings. The largest absolute Gasteiger partial charge is 0.398 e. The van der Waals surface area contributed by atoms with Crippen molar-refractivity contribution in [3.05, 3.63) is 24.0 Å². The van der Waals surface area contributed by atoms with Crippen LogP contribution >= 0.6 is 0 Å². The Morgan fingerprint density at radius 2 is 2.00 bits per heavy atom. The van der Waals surface area contributed by atoms with E-state index in [0.29, 0.717) is 12.5 Å². The average molecular weight is 286 g/mol. The molecule has 1 aliphatic rings. The van der Waals surface area contributed by atoms with Crippen molar-refractivity contribution >= 4 is 15.7 Å². The fraction of sp³-hybridized carbons (Fsp3) is 0.538. The molecule has 0 radical (unpaired) electrons. The Morgan fingerprint density at radius 3 is 2.58 bits per heavy atom. The van der Waals surface area contributed by atoms with Crippen molar-refractivity contribution in [3.63, 3.8) is 0 Å². The number of nitrogens with zero attached hydrogens (tertiary/aromatic N) is 1. The number of nitrogens with two attached hydrogens (primary N) is 1. The second kappa shape index (κ2) is 5.46. The van der Waals surface area contributed by atoms with Crippen LogP contribution in [0.25, 0.3) is 0 Å². The second-order valence-electron chi connectivity index (χ2n) is 5.09. The third kappa shape index (κ3) is 2.90. The van der Waals surface area contributed by atoms with Crippen molar-refractivity contribution in [2.24, 2.45) is 5.92 Å². The summed E-state index contributed by atoms with van der Waals surface area (Å²) >= 11 is 0. The highest BCUT2D eigenvalue weighted by molar-refractivity contribution is 7.89. The summed E-state index contributed by atoms with van der Waals surface area (Å²) in [5, 5.41) is 0. The zero-order valence-electron chi connectivity index (χ0n) is 11.0. The highest BCUT2D eigenvalue weighted by Crippen LogP contribution is 2.29. The number of benzene rings is 1. The summed E-state index contributed by atoms with van der Waals surface area (Å²) in [7, 11) is -2.37. The molecule has 0 aromatic heterocycles. The summed E-state index contributed by atoms with van der Waals surface area (Å²) in [6.07, 6.45) is 4.35. The van der Waals surface area contributed by atoms with E-state index < -0.39 is 20.7 Å². The maximum absolute atomic E-state index is 13.7. The molecule has 19 heavy (non-hydrogen) atoms. The summed E-state index contributed by atoms with van der Waals surface area (Å²) < 4.78 is 39.7. The lowest BCUT2D eigenvalue weighted by atomic mass is 10.1. The van der Waals surface area contributed by atoms with Crippen LogP contribution in [-0.2, 0) is 10.0 Å². The van der Waals surface area contributed by atoms with Crippen molar-refractivity contribution in [2.45, 2.75) is 30.6 Å². The molecule has 1 aromatic carbocycles. The molecule has 0 amide bonds. The van der Waals surface area contributed by atoms with E-state index in [1.165, 1.54) is 23.5 Å². The number of rotatable bonds is 4. The van der Waals surface area contributed by atoms with Crippen LogP contribution < -0.4 is 5.73 Å². The highest BCUT2D eigenvalue weighted by Gasteiger charge is 2.29. The fourth-order valence-electron chi connectivity index (χ4n) is 2.61. The summed E-state index contributed by atoms with van der Waals surface area (Å²) in [4.78, 5) is -0.407. The smallest absolute Gasteiger partial charge is 0.247 e. The Hall–Kier alpha value is -1.14. The normalized spacial score (nSPS) is 17.2. The number of anilines is 1. The van der Waals surface area contributed by atoms with Crippen molar-refractivity contribution < 1.29 is 12.8 Å². The van der Waals surface area contributed by atoms with E-state index in [1.54, 1.807) is 0 Å². The summed E-state index contributed by atoms with van der Waals surface area (Å²) in [6, 6.07) is 3.92. The summed E-state index contributed by atoms with van der Waals surface area (Å²) in [5.41, 5.74) is 5.56. The first-order chi connectivity index (χ1) is 8.93. The third-order valence-corrected chi connectivity index (χ3v) is 5.57. The van der Waals surface area contributed by atoms with Gasteiger partial charge in [-0.25, -0.2) is 17.1 Å². The number of hydrogen-bond donors (Lipinski definition) is 1. The Morgan fingerprint density at radius 1 is 1.37 bits per heavy atom. The quantitative estimate of drug-likeness (QED) is 0.863. The van der Waals surface area contributed by atoms with Gasteiger partial charge in [0, 0.05) is 13.6 Å². The molecule has 1 aromatic rings. The Labute approximate surface area is 113 Å². The molecule has 6 heteroatoms. The van der Waals surface area contributed by atoms with Crippen LogP contribution in [0, 0.1) is 11.7 Å². The van der Waals surface area contributed by atoms with E-state index in [-0.39, 0.29) is 5.69 Å². The topological polar surface area (TPSA) is 63.4 Å². The van der Waals surface area contributed by atoms with Gasteiger partial charge in [-0.2, -0.15) is 0 Å². The lowest BCUT2D eigenvalue weighted by Crippen LogP contribution is -2.32. The van der Waals surface area contributed by atoms with Crippen LogP contribution in [0.1, 0.15) is 25.7 Å². The van der Waals surface area contributed by atoms with Crippen molar-refractivity contribution in [2.75, 3.05) is 19.3 Å². The van der Waals surface area contributed by atoms with E-state index in [2.05, 4.69) is 0 Å². The SMILES string of the molecule is CN(CC1CCCC1)S(=O)(=O)c1c(N)cccc1F. The maximum atomic E-state index is 13.7. The van der Waals surface area contributed by atoms with E-state index >= 15 is 0 Å². The minimum atomic E-state index is -3.85. The molecule has 2 rings (SSSR count). The molecule has 1 saturated carbocycles. The molecule has 106 valence electrons. The van der Waals surface area contributed by atoms with E-state index in [4.69, 9.17) is 5.73 Å². The lowest BCUT2D eigenvalue weighted by Gasteiger charge is -2.21. The highest BCUT2D eigenvalue weighted by atomic mass is 32.2. The molecule has 2 N–H and O–H groups in total. The van der Waals surface area contributed by atoms with Gasteiger partial charge in [-0.1, -0.05) is 18.9 Å². The molecule has 0 spiro atoms. The van der Waals surface area contributed by atoms with Gasteiger partial charge in [0.25, 0.3) is 0 Å². The van der Waals surface area contributed by atoms with Crippen LogP contribution in [0.3, 0.4) is 0 Å². The van der Waals surface area contributed by atoms with Crippen molar-refractivity contribution in [1.29, 1.82) is 0 Å². The van der Waals surface area contributed by atoms with Crippen LogP contribution in [-0.4, -0.2) is 26.3 Å². The van der Waals surface area contributed by atoms with Crippen LogP contribution in [0.2, 0.25) is 0 Å². The molecule has 0 unspecified atom stereocenters. The van der Waals surface area contributed by atoms with E-state index in [1.807, 2.05) is 0 Å². The molecule has 0 atom stereocenters. The van der Waals surface area contributed by atoms with Gasteiger partial charge < -0.3 is 5.73 Å². The fourth-order valence-corrected chi connectivity index (χ4v) is 4.01. The van der Waals surface area contributed by atoms with Crippen molar-refractivity contribution in [1.82, 2.24) is 4.31 Å². The molecule has 0 heterocycles. The number of halogens is 1. The van der Waals surface area contributed by atoms with Crippen LogP contribution in [0.4, 0.5) is 10.1 Å². The summed E-state index contributed by atoms with van der Waals surface area (Å²) in [6.45, 7) is 0.427. The predicted octanol–water partition coefficient (Wildman–Crippen LogP) is 2.22. The van der Waals surface area contributed by atoms with Gasteiger partial charge in [-0.3, -0.25) is 0 Å². The molecule has 0 saturated heterocycles. The Kier molecular flexibility index (Phi) is 4.10. The van der Waals surface area contributed by atoms with Crippen LogP contribution in [0.15, 0.2) is 23.1 Å². The first kappa shape index (κ1) is 14.3. The predicted molar refractivity (Wildman–Crippen MR) is 72.6 cm³/mol.